The van der Waals surface area contributed by atoms with Gasteiger partial charge >= 0.3 is 11.9 Å². The lowest BCUT2D eigenvalue weighted by molar-refractivity contribution is -0.113. The first kappa shape index (κ1) is 21.3. The van der Waals surface area contributed by atoms with Gasteiger partial charge in [0.05, 0.1) is 47.8 Å². The van der Waals surface area contributed by atoms with E-state index in [0.717, 1.165) is 16.7 Å². The molecule has 0 aliphatic rings. The van der Waals surface area contributed by atoms with Gasteiger partial charge in [-0.15, -0.1) is 0 Å². The summed E-state index contributed by atoms with van der Waals surface area (Å²) in [7, 11) is 2.46. The standard InChI is InChI=1S/C21H19N3O5S/c1-12-19(24-17-7-5-4-6-16(17)22-12)30-11-18(25)23-15-9-13(20(26)28-2)8-14(10-15)21(27)29-3/h4-10H,11H2,1-3H3,(H,23,25). The zero-order valence-electron chi connectivity index (χ0n) is 16.6. The molecule has 0 bridgehead atoms. The van der Waals surface area contributed by atoms with E-state index in [4.69, 9.17) is 9.47 Å². The Morgan fingerprint density at radius 1 is 0.933 bits per heavy atom. The first-order valence-corrected chi connectivity index (χ1v) is 9.87. The second kappa shape index (κ2) is 9.36. The summed E-state index contributed by atoms with van der Waals surface area (Å²) in [5.41, 5.74) is 2.80. The largest absolute Gasteiger partial charge is 0.465 e. The molecule has 0 spiro atoms. The molecule has 0 radical (unpaired) electrons. The average Bonchev–Trinajstić information content (AvgIpc) is 2.76. The lowest BCUT2D eigenvalue weighted by Gasteiger charge is -2.10. The normalized spacial score (nSPS) is 10.5. The molecule has 2 aromatic carbocycles. The zero-order chi connectivity index (χ0) is 21.7. The number of benzene rings is 2. The number of nitrogens with one attached hydrogen (secondary N) is 1. The summed E-state index contributed by atoms with van der Waals surface area (Å²) < 4.78 is 9.39. The van der Waals surface area contributed by atoms with E-state index < -0.39 is 11.9 Å². The number of ether oxygens (including phenoxy) is 2. The number of aromatic nitrogens is 2. The van der Waals surface area contributed by atoms with E-state index in [1.807, 2.05) is 31.2 Å². The van der Waals surface area contributed by atoms with Crippen molar-refractivity contribution in [2.45, 2.75) is 11.9 Å². The zero-order valence-corrected chi connectivity index (χ0v) is 17.4. The number of fused-ring (bicyclic) bond motifs is 1. The quantitative estimate of drug-likeness (QED) is 0.474. The number of hydrogen-bond donors (Lipinski definition) is 1. The van der Waals surface area contributed by atoms with Crippen LogP contribution in [-0.2, 0) is 14.3 Å². The number of aryl methyl sites for hydroxylation is 1. The summed E-state index contributed by atoms with van der Waals surface area (Å²) in [6.45, 7) is 1.84. The highest BCUT2D eigenvalue weighted by Gasteiger charge is 2.15. The minimum Gasteiger partial charge on any atom is -0.465 e. The van der Waals surface area contributed by atoms with Crippen LogP contribution in [0, 0.1) is 6.92 Å². The Kier molecular flexibility index (Phi) is 6.63. The maximum atomic E-state index is 12.4. The van der Waals surface area contributed by atoms with Crippen LogP contribution in [0.1, 0.15) is 26.4 Å². The molecule has 0 fully saturated rings. The van der Waals surface area contributed by atoms with Crippen LogP contribution in [0.15, 0.2) is 47.5 Å². The Bertz CT molecular complexity index is 1100. The van der Waals surface area contributed by atoms with Gasteiger partial charge in [0.15, 0.2) is 0 Å². The van der Waals surface area contributed by atoms with Crippen molar-refractivity contribution in [2.24, 2.45) is 0 Å². The number of thioether (sulfide) groups is 1. The van der Waals surface area contributed by atoms with Crippen LogP contribution < -0.4 is 5.32 Å². The molecule has 154 valence electrons. The van der Waals surface area contributed by atoms with Gasteiger partial charge in [0.1, 0.15) is 5.03 Å². The minimum atomic E-state index is -0.632. The lowest BCUT2D eigenvalue weighted by atomic mass is 10.1. The van der Waals surface area contributed by atoms with E-state index >= 15 is 0 Å². The molecule has 8 nitrogen and oxygen atoms in total. The highest BCUT2D eigenvalue weighted by molar-refractivity contribution is 8.00. The van der Waals surface area contributed by atoms with Gasteiger partial charge in [0, 0.05) is 5.69 Å². The number of hydrogen-bond acceptors (Lipinski definition) is 8. The fourth-order valence-electron chi connectivity index (χ4n) is 2.71. The maximum absolute atomic E-state index is 12.4. The Hall–Kier alpha value is -3.46. The number of amides is 1. The van der Waals surface area contributed by atoms with Gasteiger partial charge in [-0.2, -0.15) is 0 Å². The van der Waals surface area contributed by atoms with Crippen LogP contribution in [0.4, 0.5) is 5.69 Å². The number of anilines is 1. The van der Waals surface area contributed by atoms with Crippen molar-refractivity contribution in [3.63, 3.8) is 0 Å². The molecule has 1 amide bonds. The molecule has 30 heavy (non-hydrogen) atoms. The third kappa shape index (κ3) is 4.93. The monoisotopic (exact) mass is 425 g/mol. The first-order valence-electron chi connectivity index (χ1n) is 8.89. The molecule has 9 heteroatoms. The average molecular weight is 425 g/mol. The van der Waals surface area contributed by atoms with Gasteiger partial charge in [0.25, 0.3) is 0 Å². The van der Waals surface area contributed by atoms with E-state index in [1.165, 1.54) is 44.2 Å². The Morgan fingerprint density at radius 3 is 2.07 bits per heavy atom. The Morgan fingerprint density at radius 2 is 1.50 bits per heavy atom. The maximum Gasteiger partial charge on any atom is 0.337 e. The summed E-state index contributed by atoms with van der Waals surface area (Å²) >= 11 is 1.25. The molecule has 1 aromatic heterocycles. The minimum absolute atomic E-state index is 0.0733. The number of esters is 2. The van der Waals surface area contributed by atoms with Crippen molar-refractivity contribution in [1.29, 1.82) is 0 Å². The summed E-state index contributed by atoms with van der Waals surface area (Å²) in [4.78, 5) is 45.2. The van der Waals surface area contributed by atoms with E-state index in [-0.39, 0.29) is 28.5 Å². The van der Waals surface area contributed by atoms with Gasteiger partial charge in [0.2, 0.25) is 5.91 Å². The number of rotatable bonds is 6. The van der Waals surface area contributed by atoms with Gasteiger partial charge < -0.3 is 14.8 Å². The van der Waals surface area contributed by atoms with Crippen LogP contribution in [0.5, 0.6) is 0 Å². The molecule has 0 atom stereocenters. The van der Waals surface area contributed by atoms with E-state index in [9.17, 15) is 14.4 Å². The van der Waals surface area contributed by atoms with Crippen molar-refractivity contribution in [3.05, 3.63) is 59.3 Å². The van der Waals surface area contributed by atoms with Crippen molar-refractivity contribution in [2.75, 3.05) is 25.3 Å². The number of carbonyl (C=O) groups excluding carboxylic acids is 3. The first-order chi connectivity index (χ1) is 14.4. The van der Waals surface area contributed by atoms with Gasteiger partial charge in [-0.3, -0.25) is 4.79 Å². The summed E-state index contributed by atoms with van der Waals surface area (Å²) in [5.74, 6) is -1.52. The molecule has 0 unspecified atom stereocenters. The van der Waals surface area contributed by atoms with E-state index in [1.54, 1.807) is 0 Å². The van der Waals surface area contributed by atoms with Crippen LogP contribution in [0.25, 0.3) is 11.0 Å². The highest BCUT2D eigenvalue weighted by atomic mass is 32.2. The molecule has 1 heterocycles. The molecule has 0 saturated heterocycles. The van der Waals surface area contributed by atoms with E-state index in [0.29, 0.717) is 5.03 Å². The number of nitrogens with zero attached hydrogens (tertiary/aromatic N) is 2. The predicted molar refractivity (Wildman–Crippen MR) is 113 cm³/mol. The Labute approximate surface area is 177 Å². The molecule has 3 aromatic rings. The molecular formula is C21H19N3O5S. The van der Waals surface area contributed by atoms with Crippen LogP contribution in [0.2, 0.25) is 0 Å². The van der Waals surface area contributed by atoms with Crippen LogP contribution in [-0.4, -0.2) is 47.8 Å². The topological polar surface area (TPSA) is 107 Å². The second-order valence-electron chi connectivity index (χ2n) is 6.22. The SMILES string of the molecule is COC(=O)c1cc(NC(=O)CSc2nc3ccccc3nc2C)cc(C(=O)OC)c1. The van der Waals surface area contributed by atoms with E-state index in [2.05, 4.69) is 15.3 Å². The Balaban J connectivity index is 1.75. The predicted octanol–water partition coefficient (Wildman–Crippen LogP) is 3.24. The van der Waals surface area contributed by atoms with Crippen molar-refractivity contribution >= 4 is 46.3 Å². The summed E-state index contributed by atoms with van der Waals surface area (Å²) in [5, 5.41) is 3.34. The molecule has 0 aliphatic heterocycles. The summed E-state index contributed by atoms with van der Waals surface area (Å²) in [6, 6.07) is 11.7. The number of carbonyl (C=O) groups is 3. The molecule has 3 rings (SSSR count). The van der Waals surface area contributed by atoms with Crippen molar-refractivity contribution < 1.29 is 23.9 Å². The van der Waals surface area contributed by atoms with Crippen molar-refractivity contribution in [1.82, 2.24) is 9.97 Å². The fraction of sp³-hybridized carbons (Fsp3) is 0.190. The number of methoxy groups -OCH3 is 2. The van der Waals surface area contributed by atoms with Crippen LogP contribution >= 0.6 is 11.8 Å². The third-order valence-electron chi connectivity index (χ3n) is 4.10. The molecule has 1 N–H and O–H groups in total. The number of para-hydroxylation sites is 2. The molecule has 0 aliphatic carbocycles. The molecular weight excluding hydrogens is 406 g/mol. The second-order valence-corrected chi connectivity index (χ2v) is 7.19. The van der Waals surface area contributed by atoms with Gasteiger partial charge in [-0.25, -0.2) is 19.6 Å². The van der Waals surface area contributed by atoms with Crippen LogP contribution in [0.3, 0.4) is 0 Å². The van der Waals surface area contributed by atoms with Gasteiger partial charge in [-0.05, 0) is 37.3 Å². The highest BCUT2D eigenvalue weighted by Crippen LogP contribution is 2.23. The lowest BCUT2D eigenvalue weighted by Crippen LogP contribution is -2.16. The van der Waals surface area contributed by atoms with Gasteiger partial charge in [-0.1, -0.05) is 23.9 Å². The third-order valence-corrected chi connectivity index (χ3v) is 5.17. The fourth-order valence-corrected chi connectivity index (χ4v) is 3.47. The van der Waals surface area contributed by atoms with Crippen molar-refractivity contribution in [3.8, 4) is 0 Å². The smallest absolute Gasteiger partial charge is 0.337 e. The molecule has 0 saturated carbocycles. The summed E-state index contributed by atoms with van der Waals surface area (Å²) in [6.07, 6.45) is 0.